The number of rotatable bonds is 44. The monoisotopic (exact) mass is 1110 g/mol. The number of hydrogen-bond donors (Lipinski definition) is 12. The van der Waals surface area contributed by atoms with Gasteiger partial charge in [0.15, 0.2) is 18.9 Å². The molecule has 17 unspecified atom stereocenters. The summed E-state index contributed by atoms with van der Waals surface area (Å²) in [5, 5.41) is 120. The van der Waals surface area contributed by atoms with Crippen LogP contribution < -0.4 is 5.32 Å². The van der Waals surface area contributed by atoms with E-state index >= 15 is 0 Å². The van der Waals surface area contributed by atoms with Crippen LogP contribution in [-0.2, 0) is 33.2 Å². The van der Waals surface area contributed by atoms with E-state index < -0.39 is 124 Å². The van der Waals surface area contributed by atoms with Crippen molar-refractivity contribution in [2.45, 2.75) is 311 Å². The van der Waals surface area contributed by atoms with Crippen LogP contribution >= 0.6 is 0 Å². The van der Waals surface area contributed by atoms with E-state index in [1.165, 1.54) is 116 Å². The van der Waals surface area contributed by atoms with E-state index in [0.29, 0.717) is 12.8 Å². The Hall–Kier alpha value is -1.73. The van der Waals surface area contributed by atoms with Gasteiger partial charge in [-0.2, -0.15) is 0 Å². The summed E-state index contributed by atoms with van der Waals surface area (Å²) in [6.45, 7) is 1.74. The quantitative estimate of drug-likeness (QED) is 0.0277. The molecule has 3 aliphatic heterocycles. The van der Waals surface area contributed by atoms with Crippen molar-refractivity contribution in [2.75, 3.05) is 26.4 Å². The van der Waals surface area contributed by atoms with Crippen molar-refractivity contribution in [1.29, 1.82) is 0 Å². The molecule has 3 fully saturated rings. The Balaban J connectivity index is 1.43. The minimum absolute atomic E-state index is 0.248. The minimum Gasteiger partial charge on any atom is -0.394 e. The fraction of sp³-hybridized carbons (Fsp3) is 0.914. The average Bonchev–Trinajstić information content (AvgIpc) is 3.43. The molecule has 0 aromatic heterocycles. The van der Waals surface area contributed by atoms with E-state index in [-0.39, 0.29) is 18.9 Å². The molecule has 3 rings (SSSR count). The highest BCUT2D eigenvalue weighted by Gasteiger charge is 2.53. The first-order chi connectivity index (χ1) is 37.3. The second kappa shape index (κ2) is 42.1. The maximum absolute atomic E-state index is 13.3. The smallest absolute Gasteiger partial charge is 0.220 e. The molecule has 77 heavy (non-hydrogen) atoms. The van der Waals surface area contributed by atoms with Gasteiger partial charge in [0.1, 0.15) is 73.2 Å². The fourth-order valence-corrected chi connectivity index (χ4v) is 10.3. The summed E-state index contributed by atoms with van der Waals surface area (Å²) in [7, 11) is 0. The molecule has 12 N–H and O–H groups in total. The summed E-state index contributed by atoms with van der Waals surface area (Å²) in [5.74, 6) is -0.248. The van der Waals surface area contributed by atoms with Gasteiger partial charge < -0.3 is 89.9 Å². The van der Waals surface area contributed by atoms with Gasteiger partial charge in [-0.3, -0.25) is 4.79 Å². The van der Waals surface area contributed by atoms with Crippen LogP contribution in [0.5, 0.6) is 0 Å². The summed E-state index contributed by atoms with van der Waals surface area (Å²) >= 11 is 0. The molecule has 0 bridgehead atoms. The highest BCUT2D eigenvalue weighted by molar-refractivity contribution is 5.76. The molecular weight excluding hydrogens is 999 g/mol. The summed E-state index contributed by atoms with van der Waals surface area (Å²) < 4.78 is 34.2. The number of nitrogens with one attached hydrogen (secondary N) is 1. The third-order valence-electron chi connectivity index (χ3n) is 15.3. The van der Waals surface area contributed by atoms with E-state index in [1.807, 2.05) is 0 Å². The third kappa shape index (κ3) is 26.4. The Morgan fingerprint density at radius 2 is 0.857 bits per heavy atom. The zero-order valence-electron chi connectivity index (χ0n) is 46.9. The van der Waals surface area contributed by atoms with Gasteiger partial charge in [-0.15, -0.1) is 0 Å². The molecule has 0 aliphatic carbocycles. The Bertz CT molecular complexity index is 1510. The van der Waals surface area contributed by atoms with Gasteiger partial charge in [-0.25, -0.2) is 0 Å². The van der Waals surface area contributed by atoms with Crippen molar-refractivity contribution in [3.8, 4) is 0 Å². The van der Waals surface area contributed by atoms with Crippen molar-refractivity contribution in [3.05, 3.63) is 24.3 Å². The molecule has 0 radical (unpaired) electrons. The van der Waals surface area contributed by atoms with Gasteiger partial charge in [0.25, 0.3) is 0 Å². The highest BCUT2D eigenvalue weighted by atomic mass is 16.8. The predicted octanol–water partition coefficient (Wildman–Crippen LogP) is 5.15. The van der Waals surface area contributed by atoms with Crippen LogP contribution in [0.3, 0.4) is 0 Å². The fourth-order valence-electron chi connectivity index (χ4n) is 10.3. The van der Waals surface area contributed by atoms with E-state index in [0.717, 1.165) is 57.8 Å². The number of aliphatic hydroxyl groups is 11. The number of aliphatic hydroxyl groups excluding tert-OH is 11. The van der Waals surface area contributed by atoms with Crippen LogP contribution in [0.15, 0.2) is 24.3 Å². The van der Waals surface area contributed by atoms with E-state index in [2.05, 4.69) is 43.5 Å². The van der Waals surface area contributed by atoms with Gasteiger partial charge in [-0.05, 0) is 44.9 Å². The average molecular weight is 1110 g/mol. The van der Waals surface area contributed by atoms with Crippen LogP contribution in [0.2, 0.25) is 0 Å². The molecule has 0 saturated carbocycles. The van der Waals surface area contributed by atoms with Crippen LogP contribution in [0.4, 0.5) is 0 Å². The summed E-state index contributed by atoms with van der Waals surface area (Å²) in [6.07, 6.45) is 15.7. The largest absolute Gasteiger partial charge is 0.394 e. The third-order valence-corrected chi connectivity index (χ3v) is 15.3. The molecule has 0 aromatic carbocycles. The summed E-state index contributed by atoms with van der Waals surface area (Å²) in [4.78, 5) is 13.3. The lowest BCUT2D eigenvalue weighted by Crippen LogP contribution is -2.66. The Kier molecular flexibility index (Phi) is 38.1. The Labute approximate surface area is 460 Å². The second-order valence-corrected chi connectivity index (χ2v) is 21.8. The molecule has 1 amide bonds. The van der Waals surface area contributed by atoms with Gasteiger partial charge >= 0.3 is 0 Å². The first-order valence-electron chi connectivity index (χ1n) is 30.1. The van der Waals surface area contributed by atoms with Crippen LogP contribution in [0, 0.1) is 0 Å². The van der Waals surface area contributed by atoms with E-state index in [1.54, 1.807) is 0 Å². The molecule has 17 atom stereocenters. The zero-order valence-corrected chi connectivity index (χ0v) is 46.9. The van der Waals surface area contributed by atoms with E-state index in [9.17, 15) is 61.0 Å². The van der Waals surface area contributed by atoms with Crippen molar-refractivity contribution < 1.29 is 89.4 Å². The number of carbonyl (C=O) groups is 1. The molecular formula is C58H107NO18. The standard InChI is InChI=1S/C58H107NO18/c1-3-5-7-9-11-13-14-15-16-17-18-19-20-21-22-23-24-25-26-28-30-32-34-36-46(64)59-41(42(63)35-33-31-29-27-12-10-8-6-4-2)40-72-56-52(70)49(67)54(44(38-61)74-56)77-58-53(71)50(68)55(45(39-62)75-58)76-57-51(69)48(66)47(65)43(37-60)73-57/h14-15,17-18,41-45,47-58,60-63,65-71H,3-13,16,19-40H2,1-2H3,(H,59,64)/b15-14-,18-17-. The molecule has 0 aromatic rings. The minimum atomic E-state index is -1.97. The van der Waals surface area contributed by atoms with Crippen molar-refractivity contribution in [1.82, 2.24) is 5.32 Å². The second-order valence-electron chi connectivity index (χ2n) is 21.8. The summed E-state index contributed by atoms with van der Waals surface area (Å²) in [6, 6.07) is -0.884. The number of hydrogen-bond acceptors (Lipinski definition) is 18. The molecule has 19 nitrogen and oxygen atoms in total. The van der Waals surface area contributed by atoms with Crippen LogP contribution in [-0.4, -0.2) is 193 Å². The molecule has 3 saturated heterocycles. The normalized spacial score (nSPS) is 30.8. The highest BCUT2D eigenvalue weighted by Crippen LogP contribution is 2.33. The summed E-state index contributed by atoms with van der Waals surface area (Å²) in [5.41, 5.74) is 0. The lowest BCUT2D eigenvalue weighted by Gasteiger charge is -2.48. The molecule has 3 heterocycles. The maximum atomic E-state index is 13.3. The van der Waals surface area contributed by atoms with Crippen molar-refractivity contribution in [3.63, 3.8) is 0 Å². The lowest BCUT2D eigenvalue weighted by molar-refractivity contribution is -0.379. The van der Waals surface area contributed by atoms with Gasteiger partial charge in [0.05, 0.1) is 38.6 Å². The van der Waals surface area contributed by atoms with E-state index in [4.69, 9.17) is 28.4 Å². The van der Waals surface area contributed by atoms with Crippen molar-refractivity contribution in [2.24, 2.45) is 0 Å². The first-order valence-corrected chi connectivity index (χ1v) is 30.1. The van der Waals surface area contributed by atoms with Crippen LogP contribution in [0.25, 0.3) is 0 Å². The van der Waals surface area contributed by atoms with Crippen LogP contribution in [0.1, 0.15) is 206 Å². The SMILES string of the molecule is CCCCCCC/C=C\C/C=C\CCCCCCCCCCCCCC(=O)NC(COC1OC(CO)C(OC2OC(CO)C(OC3OC(CO)C(O)C(O)C3O)C(O)C2O)C(O)C1O)C(O)CCCCCCCCCCC. The van der Waals surface area contributed by atoms with Gasteiger partial charge in [0.2, 0.25) is 5.91 Å². The number of unbranched alkanes of at least 4 members (excludes halogenated alkanes) is 24. The lowest BCUT2D eigenvalue weighted by atomic mass is 9.96. The molecule has 0 spiro atoms. The predicted molar refractivity (Wildman–Crippen MR) is 291 cm³/mol. The Morgan fingerprint density at radius 3 is 1.32 bits per heavy atom. The zero-order chi connectivity index (χ0) is 56.2. The molecule has 3 aliphatic rings. The number of allylic oxidation sites excluding steroid dienone is 4. The first kappa shape index (κ1) is 69.5. The molecule has 19 heteroatoms. The number of carbonyl (C=O) groups excluding carboxylic acids is 1. The number of amides is 1. The van der Waals surface area contributed by atoms with Gasteiger partial charge in [0, 0.05) is 6.42 Å². The molecule has 452 valence electrons. The number of ether oxygens (including phenoxy) is 6. The maximum Gasteiger partial charge on any atom is 0.220 e. The Morgan fingerprint density at radius 1 is 0.468 bits per heavy atom. The van der Waals surface area contributed by atoms with Crippen molar-refractivity contribution >= 4 is 5.91 Å². The topological polar surface area (TPSA) is 307 Å². The van der Waals surface area contributed by atoms with Gasteiger partial charge in [-0.1, -0.05) is 179 Å².